The first kappa shape index (κ1) is 19.1. The molecule has 136 valence electrons. The molecule has 0 saturated carbocycles. The van der Waals surface area contributed by atoms with Gasteiger partial charge in [0, 0.05) is 31.4 Å². The highest BCUT2D eigenvalue weighted by Crippen LogP contribution is 2.07. The van der Waals surface area contributed by atoms with E-state index >= 15 is 0 Å². The van der Waals surface area contributed by atoms with Crippen LogP contribution >= 0.6 is 0 Å². The van der Waals surface area contributed by atoms with E-state index in [-0.39, 0.29) is 19.1 Å². The molecule has 1 aromatic carbocycles. The maximum absolute atomic E-state index is 12.0. The van der Waals surface area contributed by atoms with Gasteiger partial charge in [-0.15, -0.1) is 0 Å². The largest absolute Gasteiger partial charge is 0.395 e. The number of aliphatic hydroxyl groups excluding tert-OH is 1. The molecular formula is C19H28N4O2. The van der Waals surface area contributed by atoms with Crippen LogP contribution in [0.25, 0.3) is 0 Å². The fourth-order valence-electron chi connectivity index (χ4n) is 2.62. The minimum absolute atomic E-state index is 0.00132. The molecule has 0 aliphatic heterocycles. The Hall–Kier alpha value is -2.18. The highest BCUT2D eigenvalue weighted by molar-refractivity contribution is 5.77. The highest BCUT2D eigenvalue weighted by atomic mass is 16.3. The van der Waals surface area contributed by atoms with Crippen LogP contribution in [-0.4, -0.2) is 51.9 Å². The quantitative estimate of drug-likeness (QED) is 0.608. The van der Waals surface area contributed by atoms with E-state index < -0.39 is 0 Å². The van der Waals surface area contributed by atoms with Crippen molar-refractivity contribution in [2.24, 2.45) is 0 Å². The van der Waals surface area contributed by atoms with Gasteiger partial charge in [0.2, 0.25) is 5.91 Å². The number of aliphatic hydroxyl groups is 1. The summed E-state index contributed by atoms with van der Waals surface area (Å²) >= 11 is 0. The fourth-order valence-corrected chi connectivity index (χ4v) is 2.62. The standard InChI is InChI=1S/C19H28N4O2/c1-2-3-9-20-19(25)16-22(10-11-24)13-18-12-21-23(15-18)14-17-7-5-4-6-8-17/h4-8,12,15,24H,2-3,9-11,13-14,16H2,1H3,(H,20,25). The van der Waals surface area contributed by atoms with Gasteiger partial charge in [0.15, 0.2) is 0 Å². The normalized spacial score (nSPS) is 11.0. The van der Waals surface area contributed by atoms with E-state index in [1.165, 1.54) is 5.56 Å². The molecule has 0 saturated heterocycles. The first-order valence-corrected chi connectivity index (χ1v) is 8.86. The molecular weight excluding hydrogens is 316 g/mol. The molecule has 1 aromatic heterocycles. The Balaban J connectivity index is 1.87. The number of hydrogen-bond acceptors (Lipinski definition) is 4. The number of nitrogens with zero attached hydrogens (tertiary/aromatic N) is 3. The molecule has 1 heterocycles. The molecule has 0 radical (unpaired) electrons. The van der Waals surface area contributed by atoms with Crippen LogP contribution in [0.3, 0.4) is 0 Å². The van der Waals surface area contributed by atoms with Gasteiger partial charge in [-0.1, -0.05) is 43.7 Å². The number of hydrogen-bond donors (Lipinski definition) is 2. The van der Waals surface area contributed by atoms with Crippen LogP contribution in [0.5, 0.6) is 0 Å². The number of aromatic nitrogens is 2. The van der Waals surface area contributed by atoms with Gasteiger partial charge in [-0.3, -0.25) is 14.4 Å². The fraction of sp³-hybridized carbons (Fsp3) is 0.474. The number of benzene rings is 1. The van der Waals surface area contributed by atoms with Crippen LogP contribution in [0, 0.1) is 0 Å². The number of nitrogens with one attached hydrogen (secondary N) is 1. The van der Waals surface area contributed by atoms with E-state index in [0.29, 0.717) is 19.6 Å². The first-order valence-electron chi connectivity index (χ1n) is 8.86. The van der Waals surface area contributed by atoms with Crippen LogP contribution in [0.1, 0.15) is 30.9 Å². The zero-order valence-corrected chi connectivity index (χ0v) is 14.9. The lowest BCUT2D eigenvalue weighted by Gasteiger charge is -2.20. The van der Waals surface area contributed by atoms with Gasteiger partial charge in [0.1, 0.15) is 0 Å². The van der Waals surface area contributed by atoms with Gasteiger partial charge in [-0.2, -0.15) is 5.10 Å². The second kappa shape index (κ2) is 10.6. The maximum Gasteiger partial charge on any atom is 0.234 e. The second-order valence-electron chi connectivity index (χ2n) is 6.17. The lowest BCUT2D eigenvalue weighted by atomic mass is 10.2. The van der Waals surface area contributed by atoms with E-state index in [4.69, 9.17) is 0 Å². The minimum Gasteiger partial charge on any atom is -0.395 e. The van der Waals surface area contributed by atoms with E-state index in [1.54, 1.807) is 0 Å². The van der Waals surface area contributed by atoms with Crippen LogP contribution in [0.2, 0.25) is 0 Å². The van der Waals surface area contributed by atoms with Crippen molar-refractivity contribution in [2.45, 2.75) is 32.9 Å². The van der Waals surface area contributed by atoms with Crippen molar-refractivity contribution in [1.82, 2.24) is 20.0 Å². The van der Waals surface area contributed by atoms with Crippen molar-refractivity contribution in [3.8, 4) is 0 Å². The molecule has 6 heteroatoms. The molecule has 0 aliphatic rings. The number of carbonyl (C=O) groups is 1. The molecule has 2 N–H and O–H groups in total. The summed E-state index contributed by atoms with van der Waals surface area (Å²) < 4.78 is 1.89. The van der Waals surface area contributed by atoms with Crippen LogP contribution in [0.15, 0.2) is 42.7 Å². The number of carbonyl (C=O) groups excluding carboxylic acids is 1. The summed E-state index contributed by atoms with van der Waals surface area (Å²) in [5.41, 5.74) is 2.23. The molecule has 6 nitrogen and oxygen atoms in total. The topological polar surface area (TPSA) is 70.4 Å². The Bertz CT molecular complexity index is 627. The van der Waals surface area contributed by atoms with E-state index in [2.05, 4.69) is 29.5 Å². The van der Waals surface area contributed by atoms with Crippen LogP contribution < -0.4 is 5.32 Å². The molecule has 0 spiro atoms. The van der Waals surface area contributed by atoms with E-state index in [1.807, 2.05) is 40.2 Å². The third kappa shape index (κ3) is 7.07. The molecule has 2 rings (SSSR count). The Kier molecular flexibility index (Phi) is 8.15. The predicted molar refractivity (Wildman–Crippen MR) is 98.1 cm³/mol. The lowest BCUT2D eigenvalue weighted by Crippen LogP contribution is -2.38. The van der Waals surface area contributed by atoms with Crippen LogP contribution in [-0.2, 0) is 17.9 Å². The Labute approximate surface area is 149 Å². The van der Waals surface area contributed by atoms with Gasteiger partial charge in [0.05, 0.1) is 25.9 Å². The number of unbranched alkanes of at least 4 members (excludes halogenated alkanes) is 1. The molecule has 0 atom stereocenters. The molecule has 0 aliphatic carbocycles. The summed E-state index contributed by atoms with van der Waals surface area (Å²) in [6.07, 6.45) is 5.86. The summed E-state index contributed by atoms with van der Waals surface area (Å²) in [5.74, 6) is -0.00132. The average Bonchev–Trinajstić information content (AvgIpc) is 3.03. The van der Waals surface area contributed by atoms with Crippen molar-refractivity contribution < 1.29 is 9.90 Å². The van der Waals surface area contributed by atoms with Crippen molar-refractivity contribution >= 4 is 5.91 Å². The monoisotopic (exact) mass is 344 g/mol. The summed E-state index contributed by atoms with van der Waals surface area (Å²) in [5, 5.41) is 16.6. The second-order valence-corrected chi connectivity index (χ2v) is 6.17. The summed E-state index contributed by atoms with van der Waals surface area (Å²) in [6.45, 7) is 4.89. The maximum atomic E-state index is 12.0. The Morgan fingerprint density at radius 1 is 1.28 bits per heavy atom. The SMILES string of the molecule is CCCCNC(=O)CN(CCO)Cc1cnn(Cc2ccccc2)c1. The molecule has 2 aromatic rings. The molecule has 25 heavy (non-hydrogen) atoms. The Morgan fingerprint density at radius 3 is 2.80 bits per heavy atom. The molecule has 1 amide bonds. The zero-order chi connectivity index (χ0) is 17.9. The van der Waals surface area contributed by atoms with Crippen molar-refractivity contribution in [1.29, 1.82) is 0 Å². The van der Waals surface area contributed by atoms with Gasteiger partial charge < -0.3 is 10.4 Å². The summed E-state index contributed by atoms with van der Waals surface area (Å²) in [7, 11) is 0. The lowest BCUT2D eigenvalue weighted by molar-refractivity contribution is -0.122. The third-order valence-corrected chi connectivity index (χ3v) is 3.92. The van der Waals surface area contributed by atoms with Crippen molar-refractivity contribution in [3.05, 3.63) is 53.9 Å². The van der Waals surface area contributed by atoms with Crippen molar-refractivity contribution in [2.75, 3.05) is 26.2 Å². The van der Waals surface area contributed by atoms with E-state index in [0.717, 1.165) is 24.9 Å². The van der Waals surface area contributed by atoms with Gasteiger partial charge in [0.25, 0.3) is 0 Å². The number of amides is 1. The highest BCUT2D eigenvalue weighted by Gasteiger charge is 2.12. The molecule has 0 fully saturated rings. The first-order chi connectivity index (χ1) is 12.2. The smallest absolute Gasteiger partial charge is 0.234 e. The van der Waals surface area contributed by atoms with Gasteiger partial charge in [-0.05, 0) is 12.0 Å². The molecule has 0 bridgehead atoms. The van der Waals surface area contributed by atoms with Gasteiger partial charge >= 0.3 is 0 Å². The number of rotatable bonds is 11. The molecule has 0 unspecified atom stereocenters. The average molecular weight is 344 g/mol. The summed E-state index contributed by atoms with van der Waals surface area (Å²) in [6, 6.07) is 10.2. The minimum atomic E-state index is -0.00132. The third-order valence-electron chi connectivity index (χ3n) is 3.92. The predicted octanol–water partition coefficient (Wildman–Crippen LogP) is 1.64. The van der Waals surface area contributed by atoms with E-state index in [9.17, 15) is 9.90 Å². The van der Waals surface area contributed by atoms with Crippen LogP contribution in [0.4, 0.5) is 0 Å². The Morgan fingerprint density at radius 2 is 2.08 bits per heavy atom. The van der Waals surface area contributed by atoms with Crippen molar-refractivity contribution in [3.63, 3.8) is 0 Å². The van der Waals surface area contributed by atoms with Gasteiger partial charge in [-0.25, -0.2) is 0 Å². The summed E-state index contributed by atoms with van der Waals surface area (Å²) in [4.78, 5) is 13.9. The zero-order valence-electron chi connectivity index (χ0n) is 14.9.